The number of hydrogen-bond acceptors (Lipinski definition) is 4. The van der Waals surface area contributed by atoms with Gasteiger partial charge in [-0.15, -0.1) is 23.5 Å². The van der Waals surface area contributed by atoms with Crippen molar-refractivity contribution < 1.29 is 0 Å². The van der Waals surface area contributed by atoms with Crippen molar-refractivity contribution in [2.24, 2.45) is 0 Å². The maximum atomic E-state index is 9.62. The molecule has 1 heterocycles. The molecule has 0 saturated carbocycles. The molecule has 0 spiro atoms. The summed E-state index contributed by atoms with van der Waals surface area (Å²) in [4.78, 5) is 2.24. The van der Waals surface area contributed by atoms with Gasteiger partial charge in [0.15, 0.2) is 4.08 Å². The summed E-state index contributed by atoms with van der Waals surface area (Å²) in [5.74, 6) is 1.99. The van der Waals surface area contributed by atoms with Crippen LogP contribution in [0.3, 0.4) is 0 Å². The highest BCUT2D eigenvalue weighted by Gasteiger charge is 2.40. The lowest BCUT2D eigenvalue weighted by Crippen LogP contribution is -2.39. The Balaban J connectivity index is 2.25. The van der Waals surface area contributed by atoms with Crippen molar-refractivity contribution >= 4 is 39.5 Å². The number of nitriles is 1. The van der Waals surface area contributed by atoms with Crippen molar-refractivity contribution in [3.63, 3.8) is 0 Å². The zero-order chi connectivity index (χ0) is 13.2. The monoisotopic (exact) mass is 342 g/mol. The molecule has 18 heavy (non-hydrogen) atoms. The molecule has 1 aliphatic rings. The zero-order valence-corrected chi connectivity index (χ0v) is 13.6. The lowest BCUT2D eigenvalue weighted by Gasteiger charge is -2.37. The van der Waals surface area contributed by atoms with Crippen LogP contribution in [-0.4, -0.2) is 36.5 Å². The van der Waals surface area contributed by atoms with E-state index in [1.807, 2.05) is 24.3 Å². The summed E-state index contributed by atoms with van der Waals surface area (Å²) in [5.41, 5.74) is 1.08. The molecule has 1 aromatic rings. The molecule has 2 nitrogen and oxygen atoms in total. The Hall–Kier alpha value is -0.150. The average Bonchev–Trinajstić information content (AvgIpc) is 2.39. The van der Waals surface area contributed by atoms with E-state index in [-0.39, 0.29) is 0 Å². The lowest BCUT2D eigenvalue weighted by molar-refractivity contribution is 0.343. The SMILES string of the molecule is CN(C)C1CSC(C#N)(c2ccccc2Br)SC1. The Morgan fingerprint density at radius 2 is 1.94 bits per heavy atom. The summed E-state index contributed by atoms with van der Waals surface area (Å²) in [6.45, 7) is 0. The molecule has 0 atom stereocenters. The Morgan fingerprint density at radius 3 is 2.44 bits per heavy atom. The fourth-order valence-electron chi connectivity index (χ4n) is 1.82. The Labute approximate surface area is 125 Å². The molecular formula is C13H15BrN2S2. The highest BCUT2D eigenvalue weighted by molar-refractivity contribution is 9.10. The van der Waals surface area contributed by atoms with E-state index in [9.17, 15) is 5.26 Å². The molecule has 2 rings (SSSR count). The second-order valence-electron chi connectivity index (χ2n) is 4.45. The van der Waals surface area contributed by atoms with Gasteiger partial charge in [0.05, 0.1) is 6.07 Å². The second-order valence-corrected chi connectivity index (χ2v) is 8.03. The van der Waals surface area contributed by atoms with Crippen molar-refractivity contribution in [2.45, 2.75) is 10.1 Å². The first-order valence-electron chi connectivity index (χ1n) is 5.69. The minimum atomic E-state index is -0.466. The van der Waals surface area contributed by atoms with Crippen LogP contribution in [0.4, 0.5) is 0 Å². The van der Waals surface area contributed by atoms with Gasteiger partial charge in [0.1, 0.15) is 0 Å². The van der Waals surface area contributed by atoms with Crippen LogP contribution < -0.4 is 0 Å². The maximum Gasteiger partial charge on any atom is 0.174 e. The van der Waals surface area contributed by atoms with Gasteiger partial charge in [-0.1, -0.05) is 34.1 Å². The van der Waals surface area contributed by atoms with E-state index >= 15 is 0 Å². The third-order valence-corrected chi connectivity index (χ3v) is 7.00. The normalized spacial score (nSPS) is 28.1. The number of thioether (sulfide) groups is 2. The van der Waals surface area contributed by atoms with Crippen LogP contribution in [0.15, 0.2) is 28.7 Å². The number of nitrogens with zero attached hydrogens (tertiary/aromatic N) is 2. The molecule has 0 unspecified atom stereocenters. The molecular weight excluding hydrogens is 328 g/mol. The topological polar surface area (TPSA) is 27.0 Å². The van der Waals surface area contributed by atoms with Gasteiger partial charge in [-0.25, -0.2) is 0 Å². The standard InChI is InChI=1S/C13H15BrN2S2/c1-16(2)10-7-17-13(9-15,18-8-10)11-5-3-4-6-12(11)14/h3-6,10H,7-8H2,1-2H3. The first-order valence-corrected chi connectivity index (χ1v) is 8.46. The van der Waals surface area contributed by atoms with Crippen molar-refractivity contribution in [3.8, 4) is 6.07 Å². The molecule has 1 aliphatic heterocycles. The van der Waals surface area contributed by atoms with Crippen LogP contribution in [0.5, 0.6) is 0 Å². The zero-order valence-electron chi connectivity index (χ0n) is 10.4. The molecule has 1 fully saturated rings. The van der Waals surface area contributed by atoms with Gasteiger partial charge < -0.3 is 4.90 Å². The quantitative estimate of drug-likeness (QED) is 0.821. The molecule has 0 N–H and O–H groups in total. The largest absolute Gasteiger partial charge is 0.305 e. The molecule has 0 radical (unpaired) electrons. The van der Waals surface area contributed by atoms with E-state index in [1.165, 1.54) is 0 Å². The predicted molar refractivity (Wildman–Crippen MR) is 83.8 cm³/mol. The molecule has 0 amide bonds. The number of halogens is 1. The smallest absolute Gasteiger partial charge is 0.174 e. The third kappa shape index (κ3) is 2.72. The van der Waals surface area contributed by atoms with Crippen LogP contribution in [-0.2, 0) is 4.08 Å². The number of hydrogen-bond donors (Lipinski definition) is 0. The molecule has 0 aliphatic carbocycles. The van der Waals surface area contributed by atoms with Crippen LogP contribution in [0.25, 0.3) is 0 Å². The Kier molecular flexibility index (Phi) is 4.65. The van der Waals surface area contributed by atoms with E-state index in [0.717, 1.165) is 21.5 Å². The number of benzene rings is 1. The molecule has 5 heteroatoms. The van der Waals surface area contributed by atoms with Gasteiger partial charge in [-0.3, -0.25) is 0 Å². The van der Waals surface area contributed by atoms with Gasteiger partial charge in [-0.2, -0.15) is 5.26 Å². The molecule has 1 saturated heterocycles. The summed E-state index contributed by atoms with van der Waals surface area (Å²) in [6, 6.07) is 11.1. The average molecular weight is 343 g/mol. The summed E-state index contributed by atoms with van der Waals surface area (Å²) in [7, 11) is 4.20. The van der Waals surface area contributed by atoms with Crippen molar-refractivity contribution in [2.75, 3.05) is 25.6 Å². The highest BCUT2D eigenvalue weighted by Crippen LogP contribution is 2.52. The van der Waals surface area contributed by atoms with Crippen molar-refractivity contribution in [3.05, 3.63) is 34.3 Å². The maximum absolute atomic E-state index is 9.62. The minimum Gasteiger partial charge on any atom is -0.305 e. The number of rotatable bonds is 2. The fraction of sp³-hybridized carbons (Fsp3) is 0.462. The summed E-state index contributed by atoms with van der Waals surface area (Å²) in [6.07, 6.45) is 0. The fourth-order valence-corrected chi connectivity index (χ4v) is 6.04. The van der Waals surface area contributed by atoms with Gasteiger partial charge in [0, 0.05) is 27.6 Å². The highest BCUT2D eigenvalue weighted by atomic mass is 79.9. The van der Waals surface area contributed by atoms with E-state index in [0.29, 0.717) is 6.04 Å². The lowest BCUT2D eigenvalue weighted by atomic mass is 10.1. The van der Waals surface area contributed by atoms with E-state index < -0.39 is 4.08 Å². The Bertz CT molecular complexity index is 462. The Morgan fingerprint density at radius 1 is 1.33 bits per heavy atom. The molecule has 0 bridgehead atoms. The van der Waals surface area contributed by atoms with Crippen LogP contribution >= 0.6 is 39.5 Å². The van der Waals surface area contributed by atoms with Gasteiger partial charge in [-0.05, 0) is 20.2 Å². The summed E-state index contributed by atoms with van der Waals surface area (Å²) in [5, 5.41) is 9.62. The van der Waals surface area contributed by atoms with E-state index in [1.54, 1.807) is 23.5 Å². The van der Waals surface area contributed by atoms with Gasteiger partial charge in [0.25, 0.3) is 0 Å². The summed E-state index contributed by atoms with van der Waals surface area (Å²) < 4.78 is 0.557. The first-order chi connectivity index (χ1) is 8.59. The summed E-state index contributed by atoms with van der Waals surface area (Å²) >= 11 is 7.05. The molecule has 0 aromatic heterocycles. The van der Waals surface area contributed by atoms with E-state index in [4.69, 9.17) is 0 Å². The minimum absolute atomic E-state index is 0.466. The first kappa shape index (κ1) is 14.3. The van der Waals surface area contributed by atoms with Gasteiger partial charge in [0.2, 0.25) is 0 Å². The van der Waals surface area contributed by atoms with Crippen molar-refractivity contribution in [1.82, 2.24) is 4.90 Å². The third-order valence-electron chi connectivity index (χ3n) is 3.06. The van der Waals surface area contributed by atoms with E-state index in [2.05, 4.69) is 41.0 Å². The van der Waals surface area contributed by atoms with Crippen LogP contribution in [0, 0.1) is 11.3 Å². The molecule has 1 aromatic carbocycles. The predicted octanol–water partition coefficient (Wildman–Crippen LogP) is 3.54. The molecule has 96 valence electrons. The van der Waals surface area contributed by atoms with Crippen molar-refractivity contribution in [1.29, 1.82) is 5.26 Å². The van der Waals surface area contributed by atoms with Crippen LogP contribution in [0.2, 0.25) is 0 Å². The van der Waals surface area contributed by atoms with Gasteiger partial charge >= 0.3 is 0 Å². The van der Waals surface area contributed by atoms with Crippen LogP contribution in [0.1, 0.15) is 5.56 Å². The second kappa shape index (κ2) is 5.87.